The minimum Gasteiger partial charge on any atom is -0.379 e. The van der Waals surface area contributed by atoms with Crippen LogP contribution in [0.4, 0.5) is 4.39 Å². The average molecular weight is 309 g/mol. The summed E-state index contributed by atoms with van der Waals surface area (Å²) >= 11 is 5.64. The number of halogens is 2. The van der Waals surface area contributed by atoms with Crippen LogP contribution in [-0.2, 0) is 11.3 Å². The maximum Gasteiger partial charge on any atom is 0.137 e. The molecule has 0 radical (unpaired) electrons. The van der Waals surface area contributed by atoms with Gasteiger partial charge in [0, 0.05) is 31.9 Å². The van der Waals surface area contributed by atoms with E-state index in [9.17, 15) is 4.39 Å². The van der Waals surface area contributed by atoms with E-state index in [1.807, 2.05) is 0 Å². The van der Waals surface area contributed by atoms with E-state index in [1.54, 1.807) is 12.4 Å². The molecule has 1 aliphatic heterocycles. The molecule has 0 N–H and O–H groups in total. The van der Waals surface area contributed by atoms with Crippen molar-refractivity contribution < 1.29 is 9.13 Å². The number of morpholine rings is 1. The molecule has 3 heterocycles. The fourth-order valence-electron chi connectivity index (χ4n) is 2.16. The molecule has 1 aliphatic rings. The van der Waals surface area contributed by atoms with Gasteiger partial charge in [-0.15, -0.1) is 0 Å². The summed E-state index contributed by atoms with van der Waals surface area (Å²) in [5.41, 5.74) is 1.59. The molecule has 0 amide bonds. The maximum absolute atomic E-state index is 13.8. The predicted molar refractivity (Wildman–Crippen MR) is 76.3 cm³/mol. The van der Waals surface area contributed by atoms with Gasteiger partial charge in [0.2, 0.25) is 0 Å². The maximum atomic E-state index is 13.8. The zero-order chi connectivity index (χ0) is 14.7. The number of rotatable bonds is 3. The Labute approximate surface area is 126 Å². The van der Waals surface area contributed by atoms with Crippen molar-refractivity contribution in [2.45, 2.75) is 6.54 Å². The minimum atomic E-state index is -0.453. The van der Waals surface area contributed by atoms with Gasteiger partial charge >= 0.3 is 0 Å². The van der Waals surface area contributed by atoms with Gasteiger partial charge in [-0.25, -0.2) is 9.37 Å². The second-order valence-electron chi connectivity index (χ2n) is 4.77. The highest BCUT2D eigenvalue weighted by atomic mass is 35.5. The summed E-state index contributed by atoms with van der Waals surface area (Å²) in [5.74, 6) is -0.453. The first-order valence-corrected chi connectivity index (χ1v) is 7.02. The fourth-order valence-corrected chi connectivity index (χ4v) is 2.30. The van der Waals surface area contributed by atoms with E-state index in [0.29, 0.717) is 11.3 Å². The van der Waals surface area contributed by atoms with Gasteiger partial charge in [0.15, 0.2) is 0 Å². The summed E-state index contributed by atoms with van der Waals surface area (Å²) in [6.07, 6.45) is 4.59. The first-order valence-electron chi connectivity index (χ1n) is 6.65. The number of ether oxygens (including phenoxy) is 1. The van der Waals surface area contributed by atoms with Crippen molar-refractivity contribution >= 4 is 11.6 Å². The van der Waals surface area contributed by atoms with Gasteiger partial charge in [0.1, 0.15) is 11.0 Å². The predicted octanol–water partition coefficient (Wildman–Crippen LogP) is 2.16. The van der Waals surface area contributed by atoms with E-state index in [2.05, 4.69) is 19.9 Å². The van der Waals surface area contributed by atoms with E-state index < -0.39 is 5.82 Å². The summed E-state index contributed by atoms with van der Waals surface area (Å²) in [5, 5.41) is 0.119. The molecule has 110 valence electrons. The highest BCUT2D eigenvalue weighted by Gasteiger charge is 2.13. The molecule has 0 atom stereocenters. The first-order chi connectivity index (χ1) is 10.2. The van der Waals surface area contributed by atoms with E-state index in [0.717, 1.165) is 38.5 Å². The molecule has 21 heavy (non-hydrogen) atoms. The smallest absolute Gasteiger partial charge is 0.137 e. The Balaban J connectivity index is 1.74. The largest absolute Gasteiger partial charge is 0.379 e. The van der Waals surface area contributed by atoms with Gasteiger partial charge in [-0.05, 0) is 0 Å². The molecule has 2 aromatic heterocycles. The Bertz CT molecular complexity index is 617. The lowest BCUT2D eigenvalue weighted by Gasteiger charge is -2.25. The molecule has 5 nitrogen and oxygen atoms in total. The molecular formula is C14H14ClFN4O. The van der Waals surface area contributed by atoms with Crippen LogP contribution < -0.4 is 0 Å². The molecule has 7 heteroatoms. The average Bonchev–Trinajstić information content (AvgIpc) is 2.49. The van der Waals surface area contributed by atoms with Crippen molar-refractivity contribution in [3.63, 3.8) is 0 Å². The van der Waals surface area contributed by atoms with Crippen molar-refractivity contribution in [3.05, 3.63) is 41.3 Å². The topological polar surface area (TPSA) is 51.1 Å². The van der Waals surface area contributed by atoms with Crippen LogP contribution >= 0.6 is 11.6 Å². The number of hydrogen-bond donors (Lipinski definition) is 0. The molecule has 0 unspecified atom stereocenters. The van der Waals surface area contributed by atoms with Crippen LogP contribution in [0.1, 0.15) is 5.69 Å². The second kappa shape index (κ2) is 6.43. The normalized spacial score (nSPS) is 16.1. The Morgan fingerprint density at radius 2 is 1.95 bits per heavy atom. The molecule has 0 spiro atoms. The molecule has 0 aliphatic carbocycles. The number of hydrogen-bond acceptors (Lipinski definition) is 5. The Morgan fingerprint density at radius 3 is 2.62 bits per heavy atom. The van der Waals surface area contributed by atoms with Crippen LogP contribution in [0.3, 0.4) is 0 Å². The molecule has 0 aromatic carbocycles. The van der Waals surface area contributed by atoms with Gasteiger partial charge in [0.05, 0.1) is 42.6 Å². The van der Waals surface area contributed by atoms with Crippen LogP contribution in [0.2, 0.25) is 5.15 Å². The second-order valence-corrected chi connectivity index (χ2v) is 5.16. The van der Waals surface area contributed by atoms with Crippen molar-refractivity contribution in [2.24, 2.45) is 0 Å². The number of aromatic nitrogens is 3. The van der Waals surface area contributed by atoms with Gasteiger partial charge in [-0.2, -0.15) is 0 Å². The summed E-state index contributed by atoms with van der Waals surface area (Å²) in [6.45, 7) is 3.98. The molecule has 1 saturated heterocycles. The SMILES string of the molecule is Fc1cc(Cl)ncc1-c1cnc(CN2CCOCC2)cn1. The van der Waals surface area contributed by atoms with Crippen LogP contribution in [-0.4, -0.2) is 46.2 Å². The summed E-state index contributed by atoms with van der Waals surface area (Å²) in [6, 6.07) is 1.17. The van der Waals surface area contributed by atoms with Crippen LogP contribution in [0.25, 0.3) is 11.3 Å². The monoisotopic (exact) mass is 308 g/mol. The Morgan fingerprint density at radius 1 is 1.14 bits per heavy atom. The Kier molecular flexibility index (Phi) is 4.38. The lowest BCUT2D eigenvalue weighted by molar-refractivity contribution is 0.0336. The molecule has 0 bridgehead atoms. The minimum absolute atomic E-state index is 0.119. The fraction of sp³-hybridized carbons (Fsp3) is 0.357. The van der Waals surface area contributed by atoms with E-state index in [-0.39, 0.29) is 5.15 Å². The summed E-state index contributed by atoms with van der Waals surface area (Å²) in [4.78, 5) is 14.7. The third-order valence-electron chi connectivity index (χ3n) is 3.29. The number of pyridine rings is 1. The molecular weight excluding hydrogens is 295 g/mol. The number of nitrogens with zero attached hydrogens (tertiary/aromatic N) is 4. The van der Waals surface area contributed by atoms with Gasteiger partial charge in [-0.3, -0.25) is 14.9 Å². The standard InChI is InChI=1S/C14H14ClFN4O/c15-14-5-12(16)11(7-19-14)13-8-17-10(6-18-13)9-20-1-3-21-4-2-20/h5-8H,1-4,9H2. The highest BCUT2D eigenvalue weighted by molar-refractivity contribution is 6.29. The quantitative estimate of drug-likeness (QED) is 0.813. The molecule has 2 aromatic rings. The third kappa shape index (κ3) is 3.53. The molecule has 0 saturated carbocycles. The molecule has 3 rings (SSSR count). The van der Waals surface area contributed by atoms with E-state index in [1.165, 1.54) is 12.3 Å². The Hall–Kier alpha value is -1.63. The highest BCUT2D eigenvalue weighted by Crippen LogP contribution is 2.21. The van der Waals surface area contributed by atoms with Gasteiger partial charge in [-0.1, -0.05) is 11.6 Å². The lowest BCUT2D eigenvalue weighted by atomic mass is 10.2. The van der Waals surface area contributed by atoms with E-state index >= 15 is 0 Å². The van der Waals surface area contributed by atoms with Crippen LogP contribution in [0.15, 0.2) is 24.7 Å². The van der Waals surface area contributed by atoms with Crippen LogP contribution in [0.5, 0.6) is 0 Å². The van der Waals surface area contributed by atoms with E-state index in [4.69, 9.17) is 16.3 Å². The van der Waals surface area contributed by atoms with Crippen molar-refractivity contribution in [1.82, 2.24) is 19.9 Å². The third-order valence-corrected chi connectivity index (χ3v) is 3.50. The van der Waals surface area contributed by atoms with Crippen LogP contribution in [0, 0.1) is 5.82 Å². The summed E-state index contributed by atoms with van der Waals surface area (Å²) in [7, 11) is 0. The van der Waals surface area contributed by atoms with Crippen molar-refractivity contribution in [3.8, 4) is 11.3 Å². The van der Waals surface area contributed by atoms with Crippen molar-refractivity contribution in [1.29, 1.82) is 0 Å². The zero-order valence-corrected chi connectivity index (χ0v) is 12.1. The van der Waals surface area contributed by atoms with Gasteiger partial charge < -0.3 is 4.74 Å². The molecule has 1 fully saturated rings. The first kappa shape index (κ1) is 14.3. The van der Waals surface area contributed by atoms with Crippen molar-refractivity contribution in [2.75, 3.05) is 26.3 Å². The summed E-state index contributed by atoms with van der Waals surface area (Å²) < 4.78 is 19.1. The van der Waals surface area contributed by atoms with Gasteiger partial charge in [0.25, 0.3) is 0 Å². The zero-order valence-electron chi connectivity index (χ0n) is 11.3. The lowest BCUT2D eigenvalue weighted by Crippen LogP contribution is -2.35.